The third-order valence-corrected chi connectivity index (χ3v) is 4.73. The van der Waals surface area contributed by atoms with Crippen molar-refractivity contribution in [3.8, 4) is 0 Å². The molecule has 0 radical (unpaired) electrons. The van der Waals surface area contributed by atoms with Gasteiger partial charge in [-0.15, -0.1) is 0 Å². The molecule has 5 heteroatoms. The summed E-state index contributed by atoms with van der Waals surface area (Å²) in [5.41, 5.74) is 10.8. The molecule has 0 saturated carbocycles. The number of hydrogen-bond acceptors (Lipinski definition) is 2. The normalized spacial score (nSPS) is 12.7. The van der Waals surface area contributed by atoms with E-state index in [0.29, 0.717) is 0 Å². The largest absolute Gasteiger partial charge is 0.324 e. The van der Waals surface area contributed by atoms with E-state index in [9.17, 15) is 0 Å². The van der Waals surface area contributed by atoms with E-state index < -0.39 is 0 Å². The highest BCUT2D eigenvalue weighted by molar-refractivity contribution is 9.10. The number of benzene rings is 1. The molecule has 1 atom stereocenters. The van der Waals surface area contributed by atoms with E-state index in [1.54, 1.807) is 0 Å². The zero-order valence-corrected chi connectivity index (χ0v) is 15.0. The molecular formula is C16H21BrClN3. The molecule has 0 bridgehead atoms. The summed E-state index contributed by atoms with van der Waals surface area (Å²) in [6.07, 6.45) is 1.65. The van der Waals surface area contributed by atoms with Gasteiger partial charge in [0.05, 0.1) is 15.9 Å². The van der Waals surface area contributed by atoms with Crippen LogP contribution < -0.4 is 5.73 Å². The topological polar surface area (TPSA) is 43.8 Å². The molecule has 0 amide bonds. The number of nitrogens with two attached hydrogens (primary N) is 1. The average Bonchev–Trinajstić information content (AvgIpc) is 2.74. The Bertz CT molecular complexity index is 616. The molecular weight excluding hydrogens is 350 g/mol. The maximum absolute atomic E-state index is 6.39. The van der Waals surface area contributed by atoms with Gasteiger partial charge >= 0.3 is 0 Å². The molecule has 1 heterocycles. The van der Waals surface area contributed by atoms with Crippen LogP contribution in [-0.2, 0) is 19.4 Å². The Morgan fingerprint density at radius 1 is 1.33 bits per heavy atom. The molecule has 3 nitrogen and oxygen atoms in total. The molecule has 2 N–H and O–H groups in total. The first-order chi connectivity index (χ1) is 9.96. The molecule has 0 fully saturated rings. The van der Waals surface area contributed by atoms with Crippen LogP contribution in [0.15, 0.2) is 22.7 Å². The molecule has 0 aliphatic heterocycles. The van der Waals surface area contributed by atoms with Crippen molar-refractivity contribution in [1.29, 1.82) is 0 Å². The minimum atomic E-state index is -0.0922. The lowest BCUT2D eigenvalue weighted by Crippen LogP contribution is -2.16. The summed E-state index contributed by atoms with van der Waals surface area (Å²) in [7, 11) is 0. The van der Waals surface area contributed by atoms with Crippen LogP contribution in [0.5, 0.6) is 0 Å². The average molecular weight is 371 g/mol. The molecule has 0 spiro atoms. The first-order valence-corrected chi connectivity index (χ1v) is 8.40. The molecule has 0 saturated heterocycles. The van der Waals surface area contributed by atoms with Crippen molar-refractivity contribution in [3.63, 3.8) is 0 Å². The highest BCUT2D eigenvalue weighted by atomic mass is 79.9. The minimum Gasteiger partial charge on any atom is -0.324 e. The first-order valence-electron chi connectivity index (χ1n) is 7.23. The monoisotopic (exact) mass is 369 g/mol. The van der Waals surface area contributed by atoms with Crippen LogP contribution in [0.3, 0.4) is 0 Å². The molecule has 1 aromatic carbocycles. The van der Waals surface area contributed by atoms with E-state index >= 15 is 0 Å². The fourth-order valence-electron chi connectivity index (χ4n) is 2.52. The lowest BCUT2D eigenvalue weighted by Gasteiger charge is -2.15. The van der Waals surface area contributed by atoms with Gasteiger partial charge in [0.1, 0.15) is 0 Å². The summed E-state index contributed by atoms with van der Waals surface area (Å²) < 4.78 is 3.11. The molecule has 1 aromatic heterocycles. The maximum Gasteiger partial charge on any atom is 0.0766 e. The van der Waals surface area contributed by atoms with Crippen molar-refractivity contribution in [2.75, 3.05) is 0 Å². The number of rotatable bonds is 5. The van der Waals surface area contributed by atoms with Crippen LogP contribution in [0.2, 0.25) is 5.02 Å². The van der Waals surface area contributed by atoms with Gasteiger partial charge in [-0.1, -0.05) is 24.6 Å². The summed E-state index contributed by atoms with van der Waals surface area (Å²) in [5.74, 6) is 0. The SMILES string of the molecule is CCc1nn(CC)c(CC(N)c2cc(C)cc(Cl)c2)c1Br. The Balaban J connectivity index is 2.30. The second-order valence-corrected chi connectivity index (χ2v) is 6.48. The van der Waals surface area contributed by atoms with Gasteiger partial charge < -0.3 is 5.73 Å². The third-order valence-electron chi connectivity index (χ3n) is 3.60. The van der Waals surface area contributed by atoms with Crippen LogP contribution in [0.4, 0.5) is 0 Å². The van der Waals surface area contributed by atoms with Gasteiger partial charge in [-0.3, -0.25) is 4.68 Å². The molecule has 0 aliphatic rings. The smallest absolute Gasteiger partial charge is 0.0766 e. The van der Waals surface area contributed by atoms with Crippen LogP contribution >= 0.6 is 27.5 Å². The maximum atomic E-state index is 6.39. The predicted molar refractivity (Wildman–Crippen MR) is 91.8 cm³/mol. The van der Waals surface area contributed by atoms with Crippen LogP contribution in [0.25, 0.3) is 0 Å². The lowest BCUT2D eigenvalue weighted by atomic mass is 10.0. The molecule has 2 rings (SSSR count). The van der Waals surface area contributed by atoms with Gasteiger partial charge in [-0.2, -0.15) is 5.10 Å². The second-order valence-electron chi connectivity index (χ2n) is 5.25. The van der Waals surface area contributed by atoms with E-state index in [0.717, 1.165) is 51.4 Å². The van der Waals surface area contributed by atoms with Gasteiger partial charge in [0, 0.05) is 24.0 Å². The summed E-state index contributed by atoms with van der Waals surface area (Å²) in [6, 6.07) is 5.89. The molecule has 114 valence electrons. The van der Waals surface area contributed by atoms with Crippen LogP contribution in [0, 0.1) is 6.92 Å². The van der Waals surface area contributed by atoms with Crippen molar-refractivity contribution in [2.45, 2.75) is 46.2 Å². The Hall–Kier alpha value is -0.840. The standard InChI is InChI=1S/C16H21BrClN3/c1-4-14-16(17)15(21(5-2)20-14)9-13(19)11-6-10(3)7-12(18)8-11/h6-8,13H,4-5,9,19H2,1-3H3. The minimum absolute atomic E-state index is 0.0922. The van der Waals surface area contributed by atoms with E-state index in [2.05, 4.69) is 40.9 Å². The number of halogens is 2. The zero-order valence-electron chi connectivity index (χ0n) is 12.7. The second kappa shape index (κ2) is 6.95. The van der Waals surface area contributed by atoms with Gasteiger partial charge in [0.2, 0.25) is 0 Å². The van der Waals surface area contributed by atoms with Gasteiger partial charge in [-0.25, -0.2) is 0 Å². The van der Waals surface area contributed by atoms with Gasteiger partial charge in [0.15, 0.2) is 0 Å². The summed E-state index contributed by atoms with van der Waals surface area (Å²) in [5, 5.41) is 5.35. The summed E-state index contributed by atoms with van der Waals surface area (Å²) >= 11 is 9.80. The van der Waals surface area contributed by atoms with Crippen molar-refractivity contribution < 1.29 is 0 Å². The lowest BCUT2D eigenvalue weighted by molar-refractivity contribution is 0.584. The van der Waals surface area contributed by atoms with Crippen LogP contribution in [0.1, 0.15) is 42.4 Å². The van der Waals surface area contributed by atoms with Crippen molar-refractivity contribution in [1.82, 2.24) is 9.78 Å². The van der Waals surface area contributed by atoms with E-state index in [1.807, 2.05) is 23.7 Å². The van der Waals surface area contributed by atoms with Crippen molar-refractivity contribution >= 4 is 27.5 Å². The fraction of sp³-hybridized carbons (Fsp3) is 0.438. The van der Waals surface area contributed by atoms with Crippen molar-refractivity contribution in [3.05, 3.63) is 50.2 Å². The molecule has 21 heavy (non-hydrogen) atoms. The zero-order chi connectivity index (χ0) is 15.6. The predicted octanol–water partition coefficient (Wildman–Crippen LogP) is 4.43. The van der Waals surface area contributed by atoms with E-state index in [-0.39, 0.29) is 6.04 Å². The Morgan fingerprint density at radius 2 is 2.05 bits per heavy atom. The van der Waals surface area contributed by atoms with Gasteiger partial charge in [0.25, 0.3) is 0 Å². The van der Waals surface area contributed by atoms with E-state index in [4.69, 9.17) is 17.3 Å². The van der Waals surface area contributed by atoms with E-state index in [1.165, 1.54) is 0 Å². The highest BCUT2D eigenvalue weighted by Gasteiger charge is 2.18. The quantitative estimate of drug-likeness (QED) is 0.846. The Kier molecular flexibility index (Phi) is 5.47. The molecule has 2 aromatic rings. The number of aryl methyl sites for hydroxylation is 3. The summed E-state index contributed by atoms with van der Waals surface area (Å²) in [6.45, 7) is 7.08. The third kappa shape index (κ3) is 3.68. The Labute approximate surface area is 139 Å². The van der Waals surface area contributed by atoms with Crippen LogP contribution in [-0.4, -0.2) is 9.78 Å². The number of aromatic nitrogens is 2. The van der Waals surface area contributed by atoms with Gasteiger partial charge in [-0.05, 0) is 59.5 Å². The highest BCUT2D eigenvalue weighted by Crippen LogP contribution is 2.27. The first kappa shape index (κ1) is 16.5. The number of nitrogens with zero attached hydrogens (tertiary/aromatic N) is 2. The number of hydrogen-bond donors (Lipinski definition) is 1. The molecule has 1 unspecified atom stereocenters. The molecule has 0 aliphatic carbocycles. The Morgan fingerprint density at radius 3 is 2.62 bits per heavy atom. The summed E-state index contributed by atoms with van der Waals surface area (Å²) in [4.78, 5) is 0. The van der Waals surface area contributed by atoms with Crippen molar-refractivity contribution in [2.24, 2.45) is 5.73 Å². The fourth-order valence-corrected chi connectivity index (χ4v) is 3.54.